The van der Waals surface area contributed by atoms with Gasteiger partial charge in [0, 0.05) is 24.4 Å². The lowest BCUT2D eigenvalue weighted by Crippen LogP contribution is -2.43. The van der Waals surface area contributed by atoms with Crippen molar-refractivity contribution < 1.29 is 24.2 Å². The second-order valence-corrected chi connectivity index (χ2v) is 7.73. The van der Waals surface area contributed by atoms with E-state index in [2.05, 4.69) is 5.32 Å². The molecule has 0 bridgehead atoms. The number of amides is 1. The third-order valence-corrected chi connectivity index (χ3v) is 5.22. The Balaban J connectivity index is 1.54. The number of alkyl carbamates (subject to hydrolysis) is 1. The van der Waals surface area contributed by atoms with Gasteiger partial charge in [-0.25, -0.2) is 14.4 Å². The van der Waals surface area contributed by atoms with Crippen LogP contribution in [-0.4, -0.2) is 38.3 Å². The van der Waals surface area contributed by atoms with Crippen molar-refractivity contribution in [3.63, 3.8) is 0 Å². The van der Waals surface area contributed by atoms with Crippen LogP contribution in [0, 0.1) is 0 Å². The van der Waals surface area contributed by atoms with Crippen LogP contribution in [0.2, 0.25) is 0 Å². The number of unbranched alkanes of at least 4 members (excludes halogenated alkanes) is 1. The summed E-state index contributed by atoms with van der Waals surface area (Å²) in [6.45, 7) is 0.172. The first kappa shape index (κ1) is 25.2. The summed E-state index contributed by atoms with van der Waals surface area (Å²) < 4.78 is 6.85. The number of hydrogen-bond donors (Lipinski definition) is 2. The van der Waals surface area contributed by atoms with Crippen molar-refractivity contribution in [1.82, 2.24) is 14.5 Å². The molecule has 10 heteroatoms. The van der Waals surface area contributed by atoms with Crippen LogP contribution in [0.3, 0.4) is 0 Å². The number of carbonyl (C=O) groups is 3. The van der Waals surface area contributed by atoms with E-state index < -0.39 is 35.3 Å². The number of aryl methyl sites for hydroxylation is 1. The minimum absolute atomic E-state index is 0.0132. The number of rotatable bonds is 10. The summed E-state index contributed by atoms with van der Waals surface area (Å²) in [4.78, 5) is 61.0. The van der Waals surface area contributed by atoms with Gasteiger partial charge >= 0.3 is 17.8 Å². The molecular weight excluding hydrogens is 454 g/mol. The van der Waals surface area contributed by atoms with Gasteiger partial charge in [-0.05, 0) is 37.0 Å². The fourth-order valence-electron chi connectivity index (χ4n) is 3.38. The fourth-order valence-corrected chi connectivity index (χ4v) is 3.38. The van der Waals surface area contributed by atoms with E-state index in [1.807, 2.05) is 6.07 Å². The predicted molar refractivity (Wildman–Crippen MR) is 126 cm³/mol. The second-order valence-electron chi connectivity index (χ2n) is 7.73. The van der Waals surface area contributed by atoms with Crippen LogP contribution in [0.5, 0.6) is 0 Å². The minimum Gasteiger partial charge on any atom is -0.480 e. The molecule has 0 aliphatic rings. The van der Waals surface area contributed by atoms with E-state index >= 15 is 0 Å². The highest BCUT2D eigenvalue weighted by Gasteiger charge is 2.20. The molecule has 0 spiro atoms. The van der Waals surface area contributed by atoms with Gasteiger partial charge in [-0.1, -0.05) is 48.5 Å². The maximum absolute atomic E-state index is 12.7. The van der Waals surface area contributed by atoms with Gasteiger partial charge in [0.2, 0.25) is 0 Å². The van der Waals surface area contributed by atoms with Crippen molar-refractivity contribution in [3.8, 4) is 0 Å². The Labute approximate surface area is 200 Å². The van der Waals surface area contributed by atoms with Gasteiger partial charge in [0.15, 0.2) is 0 Å². The Hall–Kier alpha value is -4.47. The molecule has 0 aliphatic carbocycles. The Morgan fingerprint density at radius 2 is 1.57 bits per heavy atom. The van der Waals surface area contributed by atoms with Crippen molar-refractivity contribution in [2.24, 2.45) is 0 Å². The smallest absolute Gasteiger partial charge is 0.408 e. The first-order valence-corrected chi connectivity index (χ1v) is 11.0. The summed E-state index contributed by atoms with van der Waals surface area (Å²) in [5, 5.41) is 11.7. The van der Waals surface area contributed by atoms with Crippen LogP contribution in [0.1, 0.15) is 35.2 Å². The average Bonchev–Trinajstić information content (AvgIpc) is 2.86. The van der Waals surface area contributed by atoms with E-state index in [-0.39, 0.29) is 25.1 Å². The first-order chi connectivity index (χ1) is 16.9. The van der Waals surface area contributed by atoms with E-state index in [0.717, 1.165) is 11.6 Å². The summed E-state index contributed by atoms with van der Waals surface area (Å²) in [5.41, 5.74) is -0.529. The molecule has 2 aromatic carbocycles. The minimum atomic E-state index is -1.21. The van der Waals surface area contributed by atoms with E-state index in [1.165, 1.54) is 22.9 Å². The predicted octanol–water partition coefficient (Wildman–Crippen LogP) is 2.25. The Morgan fingerprint density at radius 1 is 0.914 bits per heavy atom. The summed E-state index contributed by atoms with van der Waals surface area (Å²) in [7, 11) is 0. The number of nitrogens with zero attached hydrogens (tertiary/aromatic N) is 2. The van der Waals surface area contributed by atoms with Gasteiger partial charge in [0.1, 0.15) is 12.6 Å². The zero-order chi connectivity index (χ0) is 25.2. The zero-order valence-electron chi connectivity index (χ0n) is 18.8. The standard InChI is InChI=1S/C25H25N3O7/c29-21-14-16-27(25(34)28(21)22(30)19-11-5-2-6-12-19)15-8-7-13-20(23(31)32)26-24(33)35-17-18-9-3-1-4-10-18/h1-6,9-12,14,16,20H,7-8,13,15,17H2,(H,26,33)(H,31,32)/t20-/m0/s1. The van der Waals surface area contributed by atoms with Crippen LogP contribution in [-0.2, 0) is 22.7 Å². The highest BCUT2D eigenvalue weighted by atomic mass is 16.5. The molecule has 0 saturated carbocycles. The normalized spacial score (nSPS) is 11.4. The van der Waals surface area contributed by atoms with Crippen molar-refractivity contribution >= 4 is 18.0 Å². The average molecular weight is 479 g/mol. The highest BCUT2D eigenvalue weighted by Crippen LogP contribution is 2.06. The SMILES string of the molecule is O=C(N[C@@H](CCCCn1ccc(=O)n(C(=O)c2ccccc2)c1=O)C(=O)O)OCc1ccccc1. The van der Waals surface area contributed by atoms with E-state index in [0.29, 0.717) is 17.4 Å². The zero-order valence-corrected chi connectivity index (χ0v) is 18.8. The third kappa shape index (κ3) is 7.00. The summed E-state index contributed by atoms with van der Waals surface area (Å²) >= 11 is 0. The highest BCUT2D eigenvalue weighted by molar-refractivity contribution is 5.95. The molecule has 1 atom stereocenters. The van der Waals surface area contributed by atoms with Gasteiger partial charge in [-0.15, -0.1) is 0 Å². The van der Waals surface area contributed by atoms with Crippen molar-refractivity contribution in [3.05, 3.63) is 105 Å². The molecule has 182 valence electrons. The molecule has 3 rings (SSSR count). The molecule has 0 radical (unpaired) electrons. The number of ether oxygens (including phenoxy) is 1. The van der Waals surface area contributed by atoms with Crippen LogP contribution < -0.4 is 16.6 Å². The number of carboxylic acids is 1. The number of carbonyl (C=O) groups excluding carboxylic acids is 2. The van der Waals surface area contributed by atoms with Crippen LogP contribution in [0.4, 0.5) is 4.79 Å². The quantitative estimate of drug-likeness (QED) is 0.426. The maximum Gasteiger partial charge on any atom is 0.408 e. The monoisotopic (exact) mass is 479 g/mol. The second kappa shape index (κ2) is 12.1. The van der Waals surface area contributed by atoms with E-state index in [4.69, 9.17) is 4.74 Å². The van der Waals surface area contributed by atoms with Gasteiger partial charge in [0.05, 0.1) is 0 Å². The van der Waals surface area contributed by atoms with Gasteiger partial charge in [0.25, 0.3) is 11.5 Å². The van der Waals surface area contributed by atoms with Crippen molar-refractivity contribution in [2.45, 2.75) is 38.5 Å². The maximum atomic E-state index is 12.7. The lowest BCUT2D eigenvalue weighted by Gasteiger charge is -2.15. The molecule has 1 aromatic heterocycles. The molecule has 10 nitrogen and oxygen atoms in total. The lowest BCUT2D eigenvalue weighted by molar-refractivity contribution is -0.139. The molecular formula is C25H25N3O7. The largest absolute Gasteiger partial charge is 0.480 e. The first-order valence-electron chi connectivity index (χ1n) is 11.0. The molecule has 0 unspecified atom stereocenters. The van der Waals surface area contributed by atoms with E-state index in [1.54, 1.807) is 42.5 Å². The third-order valence-electron chi connectivity index (χ3n) is 5.22. The molecule has 3 aromatic rings. The van der Waals surface area contributed by atoms with Gasteiger partial charge < -0.3 is 19.7 Å². The number of hydrogen-bond acceptors (Lipinski definition) is 6. The summed E-state index contributed by atoms with van der Waals surface area (Å²) in [5.74, 6) is -1.93. The number of aromatic nitrogens is 2. The van der Waals surface area contributed by atoms with E-state index in [9.17, 15) is 29.1 Å². The number of carboxylic acid groups (broad SMARTS) is 1. The summed E-state index contributed by atoms with van der Waals surface area (Å²) in [6.07, 6.45) is 1.29. The molecule has 1 amide bonds. The number of aliphatic carboxylic acids is 1. The lowest BCUT2D eigenvalue weighted by atomic mass is 10.1. The Morgan fingerprint density at radius 3 is 2.23 bits per heavy atom. The van der Waals surface area contributed by atoms with Crippen LogP contribution >= 0.6 is 0 Å². The Bertz CT molecular complexity index is 1280. The van der Waals surface area contributed by atoms with Crippen molar-refractivity contribution in [2.75, 3.05) is 0 Å². The van der Waals surface area contributed by atoms with Gasteiger partial charge in [-0.2, -0.15) is 4.57 Å². The molecule has 35 heavy (non-hydrogen) atoms. The molecule has 1 heterocycles. The number of nitrogens with one attached hydrogen (secondary N) is 1. The van der Waals surface area contributed by atoms with Crippen molar-refractivity contribution in [1.29, 1.82) is 0 Å². The summed E-state index contributed by atoms with van der Waals surface area (Å²) in [6, 6.07) is 16.9. The Kier molecular flexibility index (Phi) is 8.71. The fraction of sp³-hybridized carbons (Fsp3) is 0.240. The molecule has 0 saturated heterocycles. The van der Waals surface area contributed by atoms with Gasteiger partial charge in [-0.3, -0.25) is 9.59 Å². The molecule has 0 aliphatic heterocycles. The molecule has 0 fully saturated rings. The topological polar surface area (TPSA) is 137 Å². The van der Waals surface area contributed by atoms with Crippen LogP contribution in [0.15, 0.2) is 82.5 Å². The number of benzene rings is 2. The molecule has 2 N–H and O–H groups in total. The van der Waals surface area contributed by atoms with Crippen LogP contribution in [0.25, 0.3) is 0 Å².